The molecule has 258 valence electrons. The number of fused-ring (bicyclic) bond motifs is 16. The van der Waals surface area contributed by atoms with E-state index in [9.17, 15) is 0 Å². The van der Waals surface area contributed by atoms with E-state index in [4.69, 9.17) is 0 Å². The maximum absolute atomic E-state index is 3.97. The van der Waals surface area contributed by atoms with E-state index in [1.807, 2.05) is 0 Å². The lowest BCUT2D eigenvalue weighted by Crippen LogP contribution is -2.47. The number of aromatic amines is 1. The molecular formula is C53H33BN2. The van der Waals surface area contributed by atoms with Gasteiger partial charge in [0.25, 0.3) is 0 Å². The molecule has 0 saturated carbocycles. The van der Waals surface area contributed by atoms with Gasteiger partial charge in [0.2, 0.25) is 0 Å². The Balaban J connectivity index is 1.13. The van der Waals surface area contributed by atoms with E-state index in [1.165, 1.54) is 116 Å². The third kappa shape index (κ3) is 3.77. The maximum atomic E-state index is 3.97. The number of aromatic nitrogens is 1. The molecule has 0 unspecified atom stereocenters. The van der Waals surface area contributed by atoms with Crippen molar-refractivity contribution < 1.29 is 0 Å². The zero-order valence-corrected chi connectivity index (χ0v) is 30.6. The molecule has 3 aliphatic rings. The van der Waals surface area contributed by atoms with E-state index < -0.39 is 5.41 Å². The molecule has 56 heavy (non-hydrogen) atoms. The zero-order valence-electron chi connectivity index (χ0n) is 30.6. The van der Waals surface area contributed by atoms with Gasteiger partial charge >= 0.3 is 0 Å². The first kappa shape index (κ1) is 30.3. The number of hydrogen-bond acceptors (Lipinski definition) is 1. The van der Waals surface area contributed by atoms with E-state index in [0.29, 0.717) is 0 Å². The predicted octanol–water partition coefficient (Wildman–Crippen LogP) is 11.7. The summed E-state index contributed by atoms with van der Waals surface area (Å²) in [5, 5.41) is 5.01. The molecule has 3 heteroatoms. The first-order chi connectivity index (χ1) is 27.8. The molecule has 0 radical (unpaired) electrons. The molecule has 2 aliphatic heterocycles. The molecule has 13 rings (SSSR count). The van der Waals surface area contributed by atoms with Crippen molar-refractivity contribution in [3.8, 4) is 33.4 Å². The summed E-state index contributed by atoms with van der Waals surface area (Å²) in [6.07, 6.45) is 0. The van der Waals surface area contributed by atoms with Gasteiger partial charge < -0.3 is 9.88 Å². The van der Waals surface area contributed by atoms with E-state index >= 15 is 0 Å². The molecule has 1 aliphatic carbocycles. The summed E-state index contributed by atoms with van der Waals surface area (Å²) in [7, 11) is 0.834. The molecular weight excluding hydrogens is 675 g/mol. The summed E-state index contributed by atoms with van der Waals surface area (Å²) in [4.78, 5) is 6.59. The lowest BCUT2D eigenvalue weighted by molar-refractivity contribution is 0.754. The van der Waals surface area contributed by atoms with Crippen LogP contribution in [0.25, 0.3) is 66.0 Å². The number of hydrogen-bond donors (Lipinski definition) is 1. The molecule has 0 saturated heterocycles. The van der Waals surface area contributed by atoms with Crippen molar-refractivity contribution in [2.24, 2.45) is 0 Å². The van der Waals surface area contributed by atoms with Gasteiger partial charge in [-0.25, -0.2) is 0 Å². The van der Waals surface area contributed by atoms with Gasteiger partial charge in [0.1, 0.15) is 0 Å². The normalized spacial score (nSPS) is 14.0. The largest absolute Gasteiger partial charge is 0.353 e. The van der Waals surface area contributed by atoms with E-state index in [1.54, 1.807) is 0 Å². The Kier molecular flexibility index (Phi) is 5.94. The van der Waals surface area contributed by atoms with Gasteiger partial charge in [-0.1, -0.05) is 175 Å². The average Bonchev–Trinajstić information content (AvgIpc) is 3.80. The van der Waals surface area contributed by atoms with Crippen LogP contribution in [0.15, 0.2) is 188 Å². The van der Waals surface area contributed by atoms with Crippen LogP contribution in [-0.2, 0) is 5.41 Å². The fraction of sp³-hybridized carbons (Fsp3) is 0.0189. The Hall–Kier alpha value is -7.10. The fourth-order valence-corrected chi connectivity index (χ4v) is 10.8. The van der Waals surface area contributed by atoms with Crippen LogP contribution in [0.5, 0.6) is 0 Å². The number of anilines is 3. The molecule has 2 nitrogen and oxygen atoms in total. The average molecular weight is 709 g/mol. The van der Waals surface area contributed by atoms with Gasteiger partial charge in [-0.2, -0.15) is 0 Å². The second kappa shape index (κ2) is 11.0. The van der Waals surface area contributed by atoms with E-state index in [2.05, 4.69) is 198 Å². The van der Waals surface area contributed by atoms with Crippen molar-refractivity contribution in [2.75, 3.05) is 4.90 Å². The molecule has 10 aromatic rings. The predicted molar refractivity (Wildman–Crippen MR) is 236 cm³/mol. The lowest BCUT2D eigenvalue weighted by Gasteiger charge is -2.48. The molecule has 0 atom stereocenters. The van der Waals surface area contributed by atoms with Crippen molar-refractivity contribution in [2.45, 2.75) is 5.41 Å². The third-order valence-electron chi connectivity index (χ3n) is 13.0. The summed E-state index contributed by atoms with van der Waals surface area (Å²) >= 11 is 0. The van der Waals surface area contributed by atoms with E-state index in [-0.39, 0.29) is 0 Å². The SMILES string of the molecule is B1c2cccc3c2N(c2ccccc2C32c3ccccc3-c3ccccc32)c2cc(-c3ccccc3)cc(-c3cccc4c3[nH]c3c5ccccc5ccc43)c21. The molecule has 1 aromatic heterocycles. The van der Waals surface area contributed by atoms with Crippen molar-refractivity contribution in [3.63, 3.8) is 0 Å². The van der Waals surface area contributed by atoms with Crippen LogP contribution in [0.2, 0.25) is 0 Å². The molecule has 0 bridgehead atoms. The van der Waals surface area contributed by atoms with Gasteiger partial charge in [0, 0.05) is 33.1 Å². The molecule has 1 spiro atoms. The van der Waals surface area contributed by atoms with Crippen LogP contribution in [0, 0.1) is 0 Å². The summed E-state index contributed by atoms with van der Waals surface area (Å²) in [5.74, 6) is 0. The molecule has 3 heterocycles. The quantitative estimate of drug-likeness (QED) is 0.177. The first-order valence-corrected chi connectivity index (χ1v) is 19.7. The standard InChI is InChI=1S/C53H33BN2/c1-2-14-32(15-3-1)34-30-41(39-21-12-20-38-40-29-28-33-16-4-5-17-35(33)50(40)55-51(38)39)49-48(31-34)56-47-27-11-10-24-44(47)53(45-25-13-26-46(54-49)52(45)56)42-22-8-6-18-36(42)37-19-7-9-23-43(37)53/h1-31,54-55H. The number of H-pyrrole nitrogens is 1. The molecule has 0 amide bonds. The molecule has 0 fully saturated rings. The van der Waals surface area contributed by atoms with Gasteiger partial charge in [-0.3, -0.25) is 0 Å². The van der Waals surface area contributed by atoms with Crippen molar-refractivity contribution >= 4 is 67.8 Å². The van der Waals surface area contributed by atoms with Gasteiger partial charge in [0.05, 0.1) is 22.1 Å². The van der Waals surface area contributed by atoms with E-state index in [0.717, 1.165) is 7.28 Å². The van der Waals surface area contributed by atoms with Crippen LogP contribution >= 0.6 is 0 Å². The lowest BCUT2D eigenvalue weighted by atomic mass is 9.54. The summed E-state index contributed by atoms with van der Waals surface area (Å²) in [5.41, 5.74) is 21.5. The van der Waals surface area contributed by atoms with Gasteiger partial charge in [0.15, 0.2) is 7.28 Å². The van der Waals surface area contributed by atoms with Crippen LogP contribution in [0.3, 0.4) is 0 Å². The Morgan fingerprint density at radius 2 is 1.05 bits per heavy atom. The topological polar surface area (TPSA) is 19.0 Å². The number of nitrogens with zero attached hydrogens (tertiary/aromatic N) is 1. The van der Waals surface area contributed by atoms with Gasteiger partial charge in [-0.05, 0) is 79.1 Å². The van der Waals surface area contributed by atoms with Crippen LogP contribution < -0.4 is 15.8 Å². The minimum atomic E-state index is -0.429. The maximum Gasteiger partial charge on any atom is 0.198 e. The highest BCUT2D eigenvalue weighted by molar-refractivity contribution is 6.73. The molecule has 9 aromatic carbocycles. The van der Waals surface area contributed by atoms with Crippen molar-refractivity contribution in [1.29, 1.82) is 0 Å². The minimum Gasteiger partial charge on any atom is -0.353 e. The Morgan fingerprint density at radius 3 is 1.89 bits per heavy atom. The minimum absolute atomic E-state index is 0.429. The van der Waals surface area contributed by atoms with Gasteiger partial charge in [-0.15, -0.1) is 0 Å². The second-order valence-corrected chi connectivity index (χ2v) is 15.6. The monoisotopic (exact) mass is 708 g/mol. The Morgan fingerprint density at radius 1 is 0.411 bits per heavy atom. The van der Waals surface area contributed by atoms with Crippen molar-refractivity contribution in [1.82, 2.24) is 4.98 Å². The highest BCUT2D eigenvalue weighted by atomic mass is 15.2. The fourth-order valence-electron chi connectivity index (χ4n) is 10.8. The smallest absolute Gasteiger partial charge is 0.198 e. The number of benzene rings is 9. The Labute approximate surface area is 325 Å². The van der Waals surface area contributed by atoms with Crippen LogP contribution in [0.1, 0.15) is 22.3 Å². The zero-order chi connectivity index (χ0) is 36.5. The number of nitrogens with one attached hydrogen (secondary N) is 1. The highest BCUT2D eigenvalue weighted by Crippen LogP contribution is 2.63. The Bertz CT molecular complexity index is 3260. The summed E-state index contributed by atoms with van der Waals surface area (Å²) in [6.45, 7) is 0. The second-order valence-electron chi connectivity index (χ2n) is 15.6. The van der Waals surface area contributed by atoms with Crippen molar-refractivity contribution in [3.05, 3.63) is 210 Å². The summed E-state index contributed by atoms with van der Waals surface area (Å²) < 4.78 is 0. The van der Waals surface area contributed by atoms with Crippen LogP contribution in [0.4, 0.5) is 17.1 Å². The first-order valence-electron chi connectivity index (χ1n) is 19.7. The highest BCUT2D eigenvalue weighted by Gasteiger charge is 2.52. The number of para-hydroxylation sites is 3. The summed E-state index contributed by atoms with van der Waals surface area (Å²) in [6, 6.07) is 70.4. The molecule has 1 N–H and O–H groups in total. The third-order valence-corrected chi connectivity index (χ3v) is 13.0. The van der Waals surface area contributed by atoms with Crippen LogP contribution in [-0.4, -0.2) is 12.3 Å². The number of rotatable bonds is 2.